The van der Waals surface area contributed by atoms with Crippen LogP contribution in [0.4, 0.5) is 0 Å². The Morgan fingerprint density at radius 2 is 1.84 bits per heavy atom. The van der Waals surface area contributed by atoms with Gasteiger partial charge in [-0.3, -0.25) is 0 Å². The van der Waals surface area contributed by atoms with E-state index in [4.69, 9.17) is 16.3 Å². The lowest BCUT2D eigenvalue weighted by atomic mass is 9.90. The number of halogens is 1. The molecule has 2 unspecified atom stereocenters. The van der Waals surface area contributed by atoms with Crippen LogP contribution in [-0.4, -0.2) is 16.7 Å². The molecule has 0 aliphatic carbocycles. The molecular weight excluding hydrogens is 340 g/mol. The Hall–Kier alpha value is -2.04. The van der Waals surface area contributed by atoms with Gasteiger partial charge in [-0.2, -0.15) is 0 Å². The van der Waals surface area contributed by atoms with Gasteiger partial charge in [0.25, 0.3) is 0 Å². The van der Waals surface area contributed by atoms with E-state index in [1.807, 2.05) is 20.8 Å². The third-order valence-corrected chi connectivity index (χ3v) is 3.91. The minimum Gasteiger partial charge on any atom is -0.550 e. The Balaban J connectivity index is 2.15. The summed E-state index contributed by atoms with van der Waals surface area (Å²) in [5.74, 6) is -1.67. The molecule has 0 fully saturated rings. The molecule has 5 heteroatoms. The van der Waals surface area contributed by atoms with Crippen molar-refractivity contribution < 1.29 is 19.7 Å². The van der Waals surface area contributed by atoms with Crippen molar-refractivity contribution in [2.24, 2.45) is 5.92 Å². The number of carboxylic acid groups (broad SMARTS) is 1. The maximum atomic E-state index is 11.5. The molecule has 0 saturated heterocycles. The molecule has 2 atom stereocenters. The molecule has 0 radical (unpaired) electrons. The zero-order chi connectivity index (χ0) is 18.6. The zero-order valence-corrected chi connectivity index (χ0v) is 15.3. The maximum Gasteiger partial charge on any atom is 0.120 e. The van der Waals surface area contributed by atoms with Crippen LogP contribution >= 0.6 is 11.6 Å². The summed E-state index contributed by atoms with van der Waals surface area (Å²) in [5, 5.41) is 22.4. The summed E-state index contributed by atoms with van der Waals surface area (Å²) in [5.41, 5.74) is 0.920. The predicted octanol–water partition coefficient (Wildman–Crippen LogP) is 3.16. The first-order valence-corrected chi connectivity index (χ1v) is 8.46. The lowest BCUT2D eigenvalue weighted by molar-refractivity contribution is -0.314. The lowest BCUT2D eigenvalue weighted by Crippen LogP contribution is -2.36. The molecule has 0 saturated carbocycles. The number of carboxylic acids is 1. The van der Waals surface area contributed by atoms with E-state index in [1.54, 1.807) is 48.5 Å². The fourth-order valence-corrected chi connectivity index (χ4v) is 2.75. The first kappa shape index (κ1) is 19.3. The van der Waals surface area contributed by atoms with Crippen LogP contribution in [-0.2, 0) is 11.2 Å². The van der Waals surface area contributed by atoms with Gasteiger partial charge in [-0.1, -0.05) is 35.9 Å². The Kier molecular flexibility index (Phi) is 6.09. The molecule has 2 aromatic rings. The number of rotatable bonds is 6. The van der Waals surface area contributed by atoms with Crippen LogP contribution in [0, 0.1) is 5.92 Å². The first-order valence-electron chi connectivity index (χ1n) is 8.08. The van der Waals surface area contributed by atoms with E-state index in [-0.39, 0.29) is 12.0 Å². The molecule has 4 nitrogen and oxygen atoms in total. The largest absolute Gasteiger partial charge is 0.550 e. The van der Waals surface area contributed by atoms with Crippen LogP contribution in [0.25, 0.3) is 0 Å². The minimum absolute atomic E-state index is 0.145. The standard InChI is InChI=1S/C20H23ClO4/c1-20(2,3)25-16-9-7-13(8-10-16)11-17(19(23)24)18(22)14-5-4-6-15(21)12-14/h4-10,12,17-18,22H,11H2,1-3H3,(H,23,24)/p-1. The third kappa shape index (κ3) is 5.76. The molecule has 0 spiro atoms. The molecule has 0 aliphatic rings. The average Bonchev–Trinajstić information content (AvgIpc) is 2.52. The van der Waals surface area contributed by atoms with Gasteiger partial charge in [0, 0.05) is 16.9 Å². The van der Waals surface area contributed by atoms with Gasteiger partial charge in [-0.05, 0) is 62.6 Å². The second-order valence-corrected chi connectivity index (χ2v) is 7.42. The van der Waals surface area contributed by atoms with Gasteiger partial charge in [-0.25, -0.2) is 0 Å². The highest BCUT2D eigenvalue weighted by molar-refractivity contribution is 6.30. The summed E-state index contributed by atoms with van der Waals surface area (Å²) in [6.07, 6.45) is -1.06. The Labute approximate surface area is 153 Å². The Morgan fingerprint density at radius 3 is 2.36 bits per heavy atom. The number of carbonyl (C=O) groups is 1. The number of aliphatic hydroxyl groups excluding tert-OH is 1. The lowest BCUT2D eigenvalue weighted by Gasteiger charge is -2.25. The number of hydrogen-bond donors (Lipinski definition) is 1. The van der Waals surface area contributed by atoms with Crippen molar-refractivity contribution in [3.8, 4) is 5.75 Å². The van der Waals surface area contributed by atoms with Gasteiger partial charge in [0.15, 0.2) is 0 Å². The summed E-state index contributed by atoms with van der Waals surface area (Å²) < 4.78 is 5.75. The highest BCUT2D eigenvalue weighted by atomic mass is 35.5. The molecular formula is C20H22ClO4-. The van der Waals surface area contributed by atoms with Crippen LogP contribution in [0.3, 0.4) is 0 Å². The normalized spacial score (nSPS) is 14.0. The smallest absolute Gasteiger partial charge is 0.120 e. The summed E-state index contributed by atoms with van der Waals surface area (Å²) in [7, 11) is 0. The summed E-state index contributed by atoms with van der Waals surface area (Å²) in [6, 6.07) is 13.7. The van der Waals surface area contributed by atoms with Gasteiger partial charge >= 0.3 is 0 Å². The molecule has 0 bridgehead atoms. The number of carbonyl (C=O) groups excluding carboxylic acids is 1. The van der Waals surface area contributed by atoms with Gasteiger partial charge in [0.1, 0.15) is 11.4 Å². The molecule has 2 rings (SSSR count). The zero-order valence-electron chi connectivity index (χ0n) is 14.5. The molecule has 2 aromatic carbocycles. The molecule has 1 N–H and O–H groups in total. The van der Waals surface area contributed by atoms with E-state index in [0.29, 0.717) is 16.3 Å². The Bertz CT molecular complexity index is 719. The highest BCUT2D eigenvalue weighted by Gasteiger charge is 2.23. The number of hydrogen-bond acceptors (Lipinski definition) is 4. The van der Waals surface area contributed by atoms with Gasteiger partial charge in [-0.15, -0.1) is 0 Å². The maximum absolute atomic E-state index is 11.5. The average molecular weight is 362 g/mol. The quantitative estimate of drug-likeness (QED) is 0.858. The first-order chi connectivity index (χ1) is 11.7. The number of aliphatic carboxylic acids is 1. The van der Waals surface area contributed by atoms with Gasteiger partial charge in [0.2, 0.25) is 0 Å². The van der Waals surface area contributed by atoms with E-state index < -0.39 is 18.0 Å². The molecule has 0 aliphatic heterocycles. The van der Waals surface area contributed by atoms with Gasteiger partial charge in [0.05, 0.1) is 6.10 Å². The second-order valence-electron chi connectivity index (χ2n) is 6.99. The molecule has 0 aromatic heterocycles. The summed E-state index contributed by atoms with van der Waals surface area (Å²) in [4.78, 5) is 11.5. The van der Waals surface area contributed by atoms with E-state index in [1.165, 1.54) is 0 Å². The van der Waals surface area contributed by atoms with E-state index in [0.717, 1.165) is 5.56 Å². The SMILES string of the molecule is CC(C)(C)Oc1ccc(CC(C(=O)[O-])C(O)c2cccc(Cl)c2)cc1. The van der Waals surface area contributed by atoms with Crippen LogP contribution < -0.4 is 9.84 Å². The van der Waals surface area contributed by atoms with Gasteiger partial charge < -0.3 is 19.7 Å². The predicted molar refractivity (Wildman–Crippen MR) is 95.4 cm³/mol. The van der Waals surface area contributed by atoms with Crippen molar-refractivity contribution >= 4 is 17.6 Å². The van der Waals surface area contributed by atoms with Crippen LogP contribution in [0.2, 0.25) is 5.02 Å². The monoisotopic (exact) mass is 361 g/mol. The van der Waals surface area contributed by atoms with Crippen molar-refractivity contribution in [2.45, 2.75) is 38.9 Å². The van der Waals surface area contributed by atoms with E-state index in [2.05, 4.69) is 0 Å². The molecule has 134 valence electrons. The third-order valence-electron chi connectivity index (χ3n) is 3.68. The van der Waals surface area contributed by atoms with Crippen molar-refractivity contribution in [3.05, 3.63) is 64.7 Å². The highest BCUT2D eigenvalue weighted by Crippen LogP contribution is 2.28. The van der Waals surface area contributed by atoms with Crippen molar-refractivity contribution in [1.29, 1.82) is 0 Å². The Morgan fingerprint density at radius 1 is 1.20 bits per heavy atom. The van der Waals surface area contributed by atoms with E-state index in [9.17, 15) is 15.0 Å². The number of aliphatic hydroxyl groups is 1. The van der Waals surface area contributed by atoms with Crippen LogP contribution in [0.15, 0.2) is 48.5 Å². The number of benzene rings is 2. The fourth-order valence-electron chi connectivity index (χ4n) is 2.55. The van der Waals surface area contributed by atoms with E-state index >= 15 is 0 Å². The number of ether oxygens (including phenoxy) is 1. The molecule has 0 heterocycles. The molecule has 0 amide bonds. The second kappa shape index (κ2) is 7.89. The van der Waals surface area contributed by atoms with Crippen molar-refractivity contribution in [2.75, 3.05) is 0 Å². The summed E-state index contributed by atoms with van der Waals surface area (Å²) in [6.45, 7) is 5.86. The van der Waals surface area contributed by atoms with Crippen LogP contribution in [0.1, 0.15) is 38.0 Å². The molecule has 25 heavy (non-hydrogen) atoms. The van der Waals surface area contributed by atoms with Crippen molar-refractivity contribution in [3.63, 3.8) is 0 Å². The summed E-state index contributed by atoms with van der Waals surface area (Å²) >= 11 is 5.92. The minimum atomic E-state index is -1.30. The van der Waals surface area contributed by atoms with Crippen molar-refractivity contribution in [1.82, 2.24) is 0 Å². The van der Waals surface area contributed by atoms with Crippen LogP contribution in [0.5, 0.6) is 5.75 Å². The topological polar surface area (TPSA) is 69.6 Å². The fraction of sp³-hybridized carbons (Fsp3) is 0.350.